The molecule has 0 saturated carbocycles. The maximum atomic E-state index is 5.25. The minimum atomic E-state index is 0.929. The number of rotatable bonds is 3. The van der Waals surface area contributed by atoms with E-state index < -0.39 is 0 Å². The van der Waals surface area contributed by atoms with Crippen LogP contribution in [0.25, 0.3) is 5.57 Å². The lowest BCUT2D eigenvalue weighted by molar-refractivity contribution is 0.414. The van der Waals surface area contributed by atoms with Crippen LogP contribution in [0, 0.1) is 6.92 Å². The molecule has 0 radical (unpaired) electrons. The highest BCUT2D eigenvalue weighted by Gasteiger charge is 2.04. The molecule has 0 atom stereocenters. The van der Waals surface area contributed by atoms with Crippen LogP contribution in [-0.2, 0) is 0 Å². The molecule has 1 rings (SSSR count). The molecule has 0 fully saturated rings. The lowest BCUT2D eigenvalue weighted by Crippen LogP contribution is -1.91. The molecule has 0 heterocycles. The van der Waals surface area contributed by atoms with Crippen LogP contribution in [0.2, 0.25) is 0 Å². The van der Waals surface area contributed by atoms with Crippen molar-refractivity contribution in [2.24, 2.45) is 0 Å². The van der Waals surface area contributed by atoms with Crippen molar-refractivity contribution >= 4 is 5.57 Å². The third-order valence-corrected chi connectivity index (χ3v) is 3.02. The number of methoxy groups -OCH3 is 1. The van der Waals surface area contributed by atoms with Gasteiger partial charge in [0.2, 0.25) is 0 Å². The normalized spacial score (nSPS) is 12.3. The average Bonchev–Trinajstić information content (AvgIpc) is 2.27. The van der Waals surface area contributed by atoms with E-state index in [0.29, 0.717) is 0 Å². The van der Waals surface area contributed by atoms with Gasteiger partial charge in [-0.15, -0.1) is 0 Å². The Bertz CT molecular complexity index is 375. The van der Waals surface area contributed by atoms with Gasteiger partial charge < -0.3 is 4.74 Å². The average molecular weight is 204 g/mol. The Balaban J connectivity index is 3.24. The molecule has 0 unspecified atom stereocenters. The van der Waals surface area contributed by atoms with Gasteiger partial charge >= 0.3 is 0 Å². The van der Waals surface area contributed by atoms with E-state index in [2.05, 4.69) is 39.8 Å². The molecular formula is C14H20O. The van der Waals surface area contributed by atoms with Crippen molar-refractivity contribution in [1.82, 2.24) is 0 Å². The number of hydrogen-bond donors (Lipinski definition) is 0. The first-order chi connectivity index (χ1) is 7.10. The lowest BCUT2D eigenvalue weighted by Gasteiger charge is -2.11. The summed E-state index contributed by atoms with van der Waals surface area (Å²) in [5, 5.41) is 0. The van der Waals surface area contributed by atoms with E-state index in [4.69, 9.17) is 4.74 Å². The van der Waals surface area contributed by atoms with E-state index in [9.17, 15) is 0 Å². The van der Waals surface area contributed by atoms with Gasteiger partial charge in [0, 0.05) is 0 Å². The minimum absolute atomic E-state index is 0.929. The molecule has 0 amide bonds. The molecule has 1 heteroatoms. The fourth-order valence-corrected chi connectivity index (χ4v) is 1.63. The Morgan fingerprint density at radius 2 is 1.93 bits per heavy atom. The monoisotopic (exact) mass is 204 g/mol. The maximum Gasteiger partial charge on any atom is 0.119 e. The quantitative estimate of drug-likeness (QED) is 0.716. The summed E-state index contributed by atoms with van der Waals surface area (Å²) in [4.78, 5) is 0. The Hall–Kier alpha value is -1.24. The van der Waals surface area contributed by atoms with Crippen LogP contribution in [-0.4, -0.2) is 7.11 Å². The number of allylic oxidation sites excluding steroid dienone is 2. The zero-order valence-electron chi connectivity index (χ0n) is 10.3. The van der Waals surface area contributed by atoms with Gasteiger partial charge in [0.25, 0.3) is 0 Å². The van der Waals surface area contributed by atoms with Gasteiger partial charge in [-0.25, -0.2) is 0 Å². The smallest absolute Gasteiger partial charge is 0.119 e. The summed E-state index contributed by atoms with van der Waals surface area (Å²) < 4.78 is 5.25. The first-order valence-electron chi connectivity index (χ1n) is 5.41. The van der Waals surface area contributed by atoms with E-state index in [1.54, 1.807) is 7.11 Å². The minimum Gasteiger partial charge on any atom is -0.497 e. The van der Waals surface area contributed by atoms with Gasteiger partial charge in [-0.2, -0.15) is 0 Å². The maximum absolute atomic E-state index is 5.25. The Morgan fingerprint density at radius 3 is 2.47 bits per heavy atom. The third kappa shape index (κ3) is 2.62. The van der Waals surface area contributed by atoms with Gasteiger partial charge in [0.05, 0.1) is 7.11 Å². The number of hydrogen-bond acceptors (Lipinski definition) is 1. The molecule has 0 aromatic heterocycles. The van der Waals surface area contributed by atoms with Crippen LogP contribution < -0.4 is 4.74 Å². The van der Waals surface area contributed by atoms with Crippen molar-refractivity contribution in [2.45, 2.75) is 34.1 Å². The molecule has 0 aliphatic carbocycles. The molecule has 0 aliphatic heterocycles. The Kier molecular flexibility index (Phi) is 3.96. The molecule has 0 bridgehead atoms. The van der Waals surface area contributed by atoms with E-state index in [0.717, 1.165) is 12.2 Å². The van der Waals surface area contributed by atoms with Gasteiger partial charge in [-0.3, -0.25) is 0 Å². The standard InChI is InChI=1S/C14H20O/c1-6-10(2)12(4)14-9-13(15-5)8-7-11(14)3/h7-9H,6H2,1-5H3/b12-10-. The largest absolute Gasteiger partial charge is 0.497 e. The fourth-order valence-electron chi connectivity index (χ4n) is 1.63. The van der Waals surface area contributed by atoms with E-state index in [1.807, 2.05) is 6.07 Å². The zero-order chi connectivity index (χ0) is 11.4. The first kappa shape index (κ1) is 11.8. The summed E-state index contributed by atoms with van der Waals surface area (Å²) in [5.74, 6) is 0.929. The molecule has 0 N–H and O–H groups in total. The highest BCUT2D eigenvalue weighted by Crippen LogP contribution is 2.26. The summed E-state index contributed by atoms with van der Waals surface area (Å²) in [7, 11) is 1.71. The predicted molar refractivity (Wildman–Crippen MR) is 66.3 cm³/mol. The van der Waals surface area contributed by atoms with Gasteiger partial charge in [0.15, 0.2) is 0 Å². The van der Waals surface area contributed by atoms with Crippen molar-refractivity contribution in [3.8, 4) is 5.75 Å². The second-order valence-electron chi connectivity index (χ2n) is 3.94. The highest BCUT2D eigenvalue weighted by atomic mass is 16.5. The molecular weight excluding hydrogens is 184 g/mol. The number of aryl methyl sites for hydroxylation is 1. The van der Waals surface area contributed by atoms with Crippen molar-refractivity contribution in [3.05, 3.63) is 34.9 Å². The fraction of sp³-hybridized carbons (Fsp3) is 0.429. The molecule has 0 saturated heterocycles. The number of ether oxygens (including phenoxy) is 1. The van der Waals surface area contributed by atoms with Crippen LogP contribution >= 0.6 is 0 Å². The predicted octanol–water partition coefficient (Wildman–Crippen LogP) is 4.21. The highest BCUT2D eigenvalue weighted by molar-refractivity contribution is 5.70. The summed E-state index contributed by atoms with van der Waals surface area (Å²) in [6, 6.07) is 6.23. The van der Waals surface area contributed by atoms with Crippen LogP contribution in [0.4, 0.5) is 0 Å². The molecule has 0 aliphatic rings. The zero-order valence-corrected chi connectivity index (χ0v) is 10.3. The van der Waals surface area contributed by atoms with Crippen molar-refractivity contribution < 1.29 is 4.74 Å². The van der Waals surface area contributed by atoms with Crippen LogP contribution in [0.15, 0.2) is 23.8 Å². The van der Waals surface area contributed by atoms with Gasteiger partial charge in [-0.1, -0.05) is 18.6 Å². The van der Waals surface area contributed by atoms with E-state index in [1.165, 1.54) is 22.3 Å². The lowest BCUT2D eigenvalue weighted by atomic mass is 9.97. The molecule has 1 aromatic carbocycles. The van der Waals surface area contributed by atoms with Crippen LogP contribution in [0.1, 0.15) is 38.3 Å². The summed E-state index contributed by atoms with van der Waals surface area (Å²) in [6.07, 6.45) is 1.10. The SMILES string of the molecule is CC/C(C)=C(/C)c1cc(OC)ccc1C. The summed E-state index contributed by atoms with van der Waals surface area (Å²) in [6.45, 7) is 8.70. The van der Waals surface area contributed by atoms with E-state index >= 15 is 0 Å². The second-order valence-corrected chi connectivity index (χ2v) is 3.94. The molecule has 15 heavy (non-hydrogen) atoms. The molecule has 1 nitrogen and oxygen atoms in total. The van der Waals surface area contributed by atoms with E-state index in [-0.39, 0.29) is 0 Å². The van der Waals surface area contributed by atoms with Gasteiger partial charge in [-0.05, 0) is 56.0 Å². The van der Waals surface area contributed by atoms with Crippen molar-refractivity contribution in [1.29, 1.82) is 0 Å². The van der Waals surface area contributed by atoms with Crippen LogP contribution in [0.3, 0.4) is 0 Å². The Morgan fingerprint density at radius 1 is 1.27 bits per heavy atom. The topological polar surface area (TPSA) is 9.23 Å². The Labute approximate surface area is 92.8 Å². The second kappa shape index (κ2) is 5.01. The van der Waals surface area contributed by atoms with Crippen molar-refractivity contribution in [2.75, 3.05) is 7.11 Å². The van der Waals surface area contributed by atoms with Gasteiger partial charge in [0.1, 0.15) is 5.75 Å². The molecule has 82 valence electrons. The summed E-state index contributed by atoms with van der Waals surface area (Å²) >= 11 is 0. The summed E-state index contributed by atoms with van der Waals surface area (Å²) in [5.41, 5.74) is 5.41. The van der Waals surface area contributed by atoms with Crippen LogP contribution in [0.5, 0.6) is 5.75 Å². The molecule has 0 spiro atoms. The molecule has 1 aromatic rings. The van der Waals surface area contributed by atoms with Crippen molar-refractivity contribution in [3.63, 3.8) is 0 Å². The first-order valence-corrected chi connectivity index (χ1v) is 5.41. The third-order valence-electron chi connectivity index (χ3n) is 3.02. The number of benzene rings is 1.